The van der Waals surface area contributed by atoms with Crippen LogP contribution in [0.25, 0.3) is 6.08 Å². The largest absolute Gasteiger partial charge is 0.466 e. The van der Waals surface area contributed by atoms with E-state index in [4.69, 9.17) is 14.2 Å². The molecule has 1 aromatic carbocycles. The van der Waals surface area contributed by atoms with Crippen LogP contribution >= 0.6 is 0 Å². The number of carbonyl (C=O) groups is 2. The summed E-state index contributed by atoms with van der Waals surface area (Å²) in [5.41, 5.74) is 0.454. The Labute approximate surface area is 109 Å². The quantitative estimate of drug-likeness (QED) is 0.468. The summed E-state index contributed by atoms with van der Waals surface area (Å²) in [7, 11) is 1.27. The second kappa shape index (κ2) is 5.43. The van der Waals surface area contributed by atoms with Crippen molar-refractivity contribution in [2.45, 2.75) is 6.92 Å². The third kappa shape index (κ3) is 2.85. The Hall–Kier alpha value is -2.50. The summed E-state index contributed by atoms with van der Waals surface area (Å²) in [4.78, 5) is 22.2. The van der Waals surface area contributed by atoms with Gasteiger partial charge in [-0.3, -0.25) is 4.79 Å². The molecule has 1 aliphatic rings. The van der Waals surface area contributed by atoms with Crippen molar-refractivity contribution < 1.29 is 28.5 Å². The molecule has 2 rings (SSSR count). The van der Waals surface area contributed by atoms with Gasteiger partial charge in [-0.05, 0) is 18.2 Å². The Kier molecular flexibility index (Phi) is 3.70. The number of carbonyl (C=O) groups excluding carboxylic acids is 2. The van der Waals surface area contributed by atoms with Gasteiger partial charge < -0.3 is 18.9 Å². The van der Waals surface area contributed by atoms with Gasteiger partial charge in [0.05, 0.1) is 12.7 Å². The lowest BCUT2D eigenvalue weighted by molar-refractivity contribution is -0.135. The first kappa shape index (κ1) is 12.9. The predicted octanol–water partition coefficient (Wildman–Crippen LogP) is 1.53. The summed E-state index contributed by atoms with van der Waals surface area (Å²) in [6.07, 6.45) is 2.67. The summed E-state index contributed by atoms with van der Waals surface area (Å²) in [6, 6.07) is 3.21. The molecule has 1 heterocycles. The van der Waals surface area contributed by atoms with Crippen molar-refractivity contribution in [1.82, 2.24) is 0 Å². The molecule has 0 aromatic heterocycles. The smallest absolute Gasteiger partial charge is 0.330 e. The number of ether oxygens (including phenoxy) is 4. The molecule has 1 aliphatic heterocycles. The molecule has 0 spiro atoms. The van der Waals surface area contributed by atoms with Crippen molar-refractivity contribution in [2.24, 2.45) is 0 Å². The van der Waals surface area contributed by atoms with Crippen molar-refractivity contribution >= 4 is 18.0 Å². The van der Waals surface area contributed by atoms with E-state index in [1.165, 1.54) is 26.2 Å². The maximum atomic E-state index is 11.1. The highest BCUT2D eigenvalue weighted by molar-refractivity contribution is 5.89. The highest BCUT2D eigenvalue weighted by Crippen LogP contribution is 2.41. The molecular formula is C13H12O6. The number of esters is 2. The van der Waals surface area contributed by atoms with Crippen LogP contribution in [0.1, 0.15) is 12.5 Å². The van der Waals surface area contributed by atoms with Crippen molar-refractivity contribution in [3.63, 3.8) is 0 Å². The van der Waals surface area contributed by atoms with E-state index in [-0.39, 0.29) is 12.5 Å². The monoisotopic (exact) mass is 264 g/mol. The molecule has 0 aliphatic carbocycles. The van der Waals surface area contributed by atoms with Crippen LogP contribution in [0.2, 0.25) is 0 Å². The Morgan fingerprint density at radius 3 is 2.79 bits per heavy atom. The second-order valence-electron chi connectivity index (χ2n) is 3.66. The summed E-state index contributed by atoms with van der Waals surface area (Å²) in [6.45, 7) is 1.37. The lowest BCUT2D eigenvalue weighted by Gasteiger charge is -2.08. The summed E-state index contributed by atoms with van der Waals surface area (Å²) >= 11 is 0. The molecule has 6 heteroatoms. The van der Waals surface area contributed by atoms with Crippen LogP contribution in [0.4, 0.5) is 0 Å². The van der Waals surface area contributed by atoms with Crippen LogP contribution in [0.5, 0.6) is 17.2 Å². The number of hydrogen-bond donors (Lipinski definition) is 0. The molecule has 0 fully saturated rings. The fourth-order valence-electron chi connectivity index (χ4n) is 1.60. The van der Waals surface area contributed by atoms with Gasteiger partial charge in [0.15, 0.2) is 11.5 Å². The Morgan fingerprint density at radius 2 is 2.11 bits per heavy atom. The topological polar surface area (TPSA) is 71.1 Å². The highest BCUT2D eigenvalue weighted by Gasteiger charge is 2.21. The van der Waals surface area contributed by atoms with E-state index >= 15 is 0 Å². The predicted molar refractivity (Wildman–Crippen MR) is 64.9 cm³/mol. The van der Waals surface area contributed by atoms with Gasteiger partial charge >= 0.3 is 11.9 Å². The van der Waals surface area contributed by atoms with Crippen LogP contribution in [0, 0.1) is 0 Å². The molecule has 0 N–H and O–H groups in total. The molecule has 0 radical (unpaired) electrons. The molecule has 1 aromatic rings. The zero-order valence-electron chi connectivity index (χ0n) is 10.5. The van der Waals surface area contributed by atoms with E-state index in [0.29, 0.717) is 17.1 Å². The van der Waals surface area contributed by atoms with Crippen molar-refractivity contribution in [2.75, 3.05) is 13.9 Å². The van der Waals surface area contributed by atoms with Crippen molar-refractivity contribution in [3.8, 4) is 17.2 Å². The van der Waals surface area contributed by atoms with E-state index in [2.05, 4.69) is 4.74 Å². The third-order valence-electron chi connectivity index (χ3n) is 2.38. The lowest BCUT2D eigenvalue weighted by atomic mass is 10.1. The number of benzene rings is 1. The zero-order chi connectivity index (χ0) is 13.8. The van der Waals surface area contributed by atoms with Crippen molar-refractivity contribution in [1.29, 1.82) is 0 Å². The van der Waals surface area contributed by atoms with Crippen LogP contribution in [-0.4, -0.2) is 25.8 Å². The first-order valence-electron chi connectivity index (χ1n) is 5.49. The normalized spacial score (nSPS) is 12.5. The minimum absolute atomic E-state index is 0.0813. The molecule has 0 unspecified atom stereocenters. The number of rotatable bonds is 3. The van der Waals surface area contributed by atoms with Gasteiger partial charge in [-0.15, -0.1) is 0 Å². The fraction of sp³-hybridized carbons (Fsp3) is 0.231. The summed E-state index contributed by atoms with van der Waals surface area (Å²) in [5.74, 6) is 0.258. The maximum absolute atomic E-state index is 11.1. The number of methoxy groups -OCH3 is 1. The van der Waals surface area contributed by atoms with Gasteiger partial charge in [-0.1, -0.05) is 0 Å². The molecule has 19 heavy (non-hydrogen) atoms. The van der Waals surface area contributed by atoms with Crippen LogP contribution < -0.4 is 14.2 Å². The Balaban J connectivity index is 2.42. The van der Waals surface area contributed by atoms with E-state index in [1.807, 2.05) is 0 Å². The van der Waals surface area contributed by atoms with Crippen LogP contribution in [-0.2, 0) is 14.3 Å². The number of fused-ring (bicyclic) bond motifs is 1. The highest BCUT2D eigenvalue weighted by atomic mass is 16.7. The van der Waals surface area contributed by atoms with Gasteiger partial charge in [0.2, 0.25) is 6.79 Å². The molecule has 0 saturated heterocycles. The molecule has 0 bridgehead atoms. The van der Waals surface area contributed by atoms with Crippen LogP contribution in [0.3, 0.4) is 0 Å². The Bertz CT molecular complexity index is 546. The minimum atomic E-state index is -0.523. The molecule has 6 nitrogen and oxygen atoms in total. The molecule has 0 atom stereocenters. The lowest BCUT2D eigenvalue weighted by Crippen LogP contribution is -2.03. The number of hydrogen-bond acceptors (Lipinski definition) is 6. The molecular weight excluding hydrogens is 252 g/mol. The second-order valence-corrected chi connectivity index (χ2v) is 3.66. The average molecular weight is 264 g/mol. The van der Waals surface area contributed by atoms with Gasteiger partial charge in [0.1, 0.15) is 5.75 Å². The Morgan fingerprint density at radius 1 is 1.32 bits per heavy atom. The van der Waals surface area contributed by atoms with Crippen LogP contribution in [0.15, 0.2) is 18.2 Å². The summed E-state index contributed by atoms with van der Waals surface area (Å²) < 4.78 is 20.1. The molecule has 0 amide bonds. The summed E-state index contributed by atoms with van der Waals surface area (Å²) in [5, 5.41) is 0. The SMILES string of the molecule is COC(=O)/C=C/c1c(OC(C)=O)ccc2c1OCO2. The fourth-order valence-corrected chi connectivity index (χ4v) is 1.60. The van der Waals surface area contributed by atoms with Gasteiger partial charge in [-0.25, -0.2) is 4.79 Å². The van der Waals surface area contributed by atoms with Crippen molar-refractivity contribution in [3.05, 3.63) is 23.8 Å². The van der Waals surface area contributed by atoms with E-state index < -0.39 is 11.9 Å². The first-order chi connectivity index (χ1) is 9.11. The van der Waals surface area contributed by atoms with E-state index in [1.54, 1.807) is 12.1 Å². The molecule has 0 saturated carbocycles. The van der Waals surface area contributed by atoms with E-state index in [9.17, 15) is 9.59 Å². The minimum Gasteiger partial charge on any atom is -0.466 e. The average Bonchev–Trinajstić information content (AvgIpc) is 2.84. The standard InChI is InChI=1S/C13H12O6/c1-8(14)19-10-4-5-11-13(18-7-17-11)9(10)3-6-12(15)16-2/h3-6H,7H2,1-2H3/b6-3+. The molecule has 100 valence electrons. The maximum Gasteiger partial charge on any atom is 0.330 e. The van der Waals surface area contributed by atoms with Gasteiger partial charge in [0, 0.05) is 13.0 Å². The van der Waals surface area contributed by atoms with E-state index in [0.717, 1.165) is 0 Å². The van der Waals surface area contributed by atoms with Gasteiger partial charge in [0.25, 0.3) is 0 Å². The third-order valence-corrected chi connectivity index (χ3v) is 2.38. The zero-order valence-corrected chi connectivity index (χ0v) is 10.5. The first-order valence-corrected chi connectivity index (χ1v) is 5.49. The van der Waals surface area contributed by atoms with Gasteiger partial charge in [-0.2, -0.15) is 0 Å².